The Labute approximate surface area is 261 Å². The third kappa shape index (κ3) is 9.55. The number of carboxylic acids is 1. The lowest BCUT2D eigenvalue weighted by atomic mass is 9.96. The van der Waals surface area contributed by atoms with E-state index in [4.69, 9.17) is 5.84 Å². The number of para-hydroxylation sites is 1. The standard InChI is InChI=1S/C30H43N7O6S/c1-3-9-19(10-4-2)27(41)35-22(17-25(38)39)30(43)37-16-8-13-23(37)28(42)34-21(12-7-15-32-18-33-31)26(40)29-36-20-11-5-6-14-24(20)44-29/h5-6,11,14,18-19,21-23H,3-4,7-10,12-13,15-17,31H2,1-2H3,(H,32,33)(H,34,42)(H,35,41)(H,38,39)/t21?,22-,23-/m0/s1. The second-order valence-corrected chi connectivity index (χ2v) is 11.9. The molecule has 0 radical (unpaired) electrons. The third-order valence-corrected chi connectivity index (χ3v) is 8.61. The number of aromatic nitrogens is 1. The highest BCUT2D eigenvalue weighted by atomic mass is 32.1. The monoisotopic (exact) mass is 629 g/mol. The number of benzene rings is 1. The van der Waals surface area contributed by atoms with Gasteiger partial charge in [-0.15, -0.1) is 11.3 Å². The Morgan fingerprint density at radius 3 is 2.50 bits per heavy atom. The quantitative estimate of drug-likeness (QED) is 0.0411. The van der Waals surface area contributed by atoms with Gasteiger partial charge in [0.1, 0.15) is 12.1 Å². The van der Waals surface area contributed by atoms with E-state index in [1.165, 1.54) is 22.6 Å². The van der Waals surface area contributed by atoms with Gasteiger partial charge in [-0.3, -0.25) is 29.0 Å². The number of thiazole rings is 1. The maximum absolute atomic E-state index is 13.6. The molecule has 2 heterocycles. The van der Waals surface area contributed by atoms with E-state index in [0.29, 0.717) is 44.2 Å². The average Bonchev–Trinajstić information content (AvgIpc) is 3.67. The first-order valence-corrected chi connectivity index (χ1v) is 16.0. The number of nitrogens with one attached hydrogen (secondary N) is 3. The second-order valence-electron chi connectivity index (χ2n) is 10.9. The summed E-state index contributed by atoms with van der Waals surface area (Å²) in [5, 5.41) is 15.3. The summed E-state index contributed by atoms with van der Waals surface area (Å²) < 4.78 is 0.846. The van der Waals surface area contributed by atoms with E-state index in [-0.39, 0.29) is 35.6 Å². The van der Waals surface area contributed by atoms with Crippen LogP contribution in [0.25, 0.3) is 10.2 Å². The maximum Gasteiger partial charge on any atom is 0.305 e. The highest BCUT2D eigenvalue weighted by Crippen LogP contribution is 2.25. The summed E-state index contributed by atoms with van der Waals surface area (Å²) in [6.45, 7) is 4.52. The number of hydrogen-bond donors (Lipinski definition) is 5. The number of carbonyl (C=O) groups is 5. The summed E-state index contributed by atoms with van der Waals surface area (Å²) in [5.41, 5.74) is 3.00. The first-order chi connectivity index (χ1) is 21.2. The minimum atomic E-state index is -1.31. The Morgan fingerprint density at radius 2 is 1.84 bits per heavy atom. The van der Waals surface area contributed by atoms with E-state index in [1.807, 2.05) is 38.1 Å². The van der Waals surface area contributed by atoms with Gasteiger partial charge in [0.25, 0.3) is 0 Å². The molecule has 1 fully saturated rings. The van der Waals surface area contributed by atoms with Gasteiger partial charge in [0.05, 0.1) is 29.0 Å². The number of ketones is 1. The van der Waals surface area contributed by atoms with Crippen molar-refractivity contribution >= 4 is 57.4 Å². The van der Waals surface area contributed by atoms with Gasteiger partial charge >= 0.3 is 5.97 Å². The number of amides is 3. The molecule has 1 aliphatic heterocycles. The van der Waals surface area contributed by atoms with Crippen LogP contribution in [-0.2, 0) is 19.2 Å². The zero-order valence-corrected chi connectivity index (χ0v) is 26.1. The van der Waals surface area contributed by atoms with Gasteiger partial charge in [-0.1, -0.05) is 38.8 Å². The summed E-state index contributed by atoms with van der Waals surface area (Å²) in [5.74, 6) is 1.81. The maximum atomic E-state index is 13.6. The van der Waals surface area contributed by atoms with Crippen molar-refractivity contribution in [2.75, 3.05) is 13.1 Å². The van der Waals surface area contributed by atoms with Crippen LogP contribution in [0.4, 0.5) is 0 Å². The number of likely N-dealkylation sites (tertiary alicyclic amines) is 1. The van der Waals surface area contributed by atoms with E-state index >= 15 is 0 Å². The first kappa shape index (κ1) is 34.6. The second kappa shape index (κ2) is 17.4. The van der Waals surface area contributed by atoms with Gasteiger partial charge in [0.15, 0.2) is 5.01 Å². The molecule has 0 saturated carbocycles. The van der Waals surface area contributed by atoms with Crippen LogP contribution in [0.1, 0.15) is 81.4 Å². The van der Waals surface area contributed by atoms with Crippen molar-refractivity contribution in [2.24, 2.45) is 16.8 Å². The Bertz CT molecular complexity index is 1290. The number of carboxylic acid groups (broad SMARTS) is 1. The predicted octanol–water partition coefficient (Wildman–Crippen LogP) is 2.40. The van der Waals surface area contributed by atoms with Gasteiger partial charge in [0.2, 0.25) is 23.5 Å². The van der Waals surface area contributed by atoms with E-state index < -0.39 is 42.3 Å². The highest BCUT2D eigenvalue weighted by molar-refractivity contribution is 7.20. The van der Waals surface area contributed by atoms with Gasteiger partial charge in [-0.25, -0.2) is 10.8 Å². The van der Waals surface area contributed by atoms with Gasteiger partial charge in [-0.05, 0) is 50.7 Å². The van der Waals surface area contributed by atoms with Crippen LogP contribution in [0.2, 0.25) is 0 Å². The molecule has 1 aromatic carbocycles. The fourth-order valence-electron chi connectivity index (χ4n) is 5.44. The van der Waals surface area contributed by atoms with Crippen molar-refractivity contribution in [3.63, 3.8) is 0 Å². The zero-order valence-electron chi connectivity index (χ0n) is 25.3. The summed E-state index contributed by atoms with van der Waals surface area (Å²) in [4.78, 5) is 75.4. The van der Waals surface area contributed by atoms with Crippen molar-refractivity contribution in [1.82, 2.24) is 25.9 Å². The molecule has 3 atom stereocenters. The molecule has 1 saturated heterocycles. The number of nitrogens with two attached hydrogens (primary N) is 1. The molecule has 1 unspecified atom stereocenters. The van der Waals surface area contributed by atoms with E-state index in [1.54, 1.807) is 0 Å². The van der Waals surface area contributed by atoms with Crippen LogP contribution in [0.15, 0.2) is 29.3 Å². The molecule has 3 amide bonds. The lowest BCUT2D eigenvalue weighted by molar-refractivity contribution is -0.146. The number of rotatable bonds is 18. The van der Waals surface area contributed by atoms with E-state index in [9.17, 15) is 29.1 Å². The molecular weight excluding hydrogens is 586 g/mol. The molecule has 240 valence electrons. The third-order valence-electron chi connectivity index (χ3n) is 7.56. The number of aliphatic carboxylic acids is 1. The summed E-state index contributed by atoms with van der Waals surface area (Å²) in [6, 6.07) is 4.23. The van der Waals surface area contributed by atoms with Crippen LogP contribution in [-0.4, -0.2) is 82.0 Å². The van der Waals surface area contributed by atoms with Crippen LogP contribution >= 0.6 is 11.3 Å². The summed E-state index contributed by atoms with van der Waals surface area (Å²) in [7, 11) is 0. The van der Waals surface area contributed by atoms with Crippen molar-refractivity contribution < 1.29 is 29.1 Å². The van der Waals surface area contributed by atoms with Crippen LogP contribution in [0, 0.1) is 5.92 Å². The number of aliphatic imine (C=N–C) groups is 1. The molecule has 0 bridgehead atoms. The minimum Gasteiger partial charge on any atom is -0.481 e. The molecule has 2 aromatic rings. The number of hydrogen-bond acceptors (Lipinski definition) is 9. The smallest absolute Gasteiger partial charge is 0.305 e. The fourth-order valence-corrected chi connectivity index (χ4v) is 6.40. The summed E-state index contributed by atoms with van der Waals surface area (Å²) in [6.07, 6.45) is 5.14. The van der Waals surface area contributed by atoms with E-state index in [2.05, 4.69) is 26.0 Å². The van der Waals surface area contributed by atoms with E-state index in [0.717, 1.165) is 17.5 Å². The van der Waals surface area contributed by atoms with Gasteiger partial charge in [0, 0.05) is 19.0 Å². The molecule has 0 spiro atoms. The van der Waals surface area contributed by atoms with Crippen LogP contribution in [0.5, 0.6) is 0 Å². The van der Waals surface area contributed by atoms with Gasteiger partial charge in [-0.2, -0.15) is 0 Å². The van der Waals surface area contributed by atoms with Crippen LogP contribution < -0.4 is 21.9 Å². The summed E-state index contributed by atoms with van der Waals surface area (Å²) >= 11 is 1.24. The Balaban J connectivity index is 1.77. The Hall–Kier alpha value is -3.91. The molecule has 13 nitrogen and oxygen atoms in total. The fraction of sp³-hybridized carbons (Fsp3) is 0.567. The molecule has 6 N–H and O–H groups in total. The number of carbonyl (C=O) groups excluding carboxylic acids is 4. The molecule has 14 heteroatoms. The number of nitrogens with zero attached hydrogens (tertiary/aromatic N) is 3. The van der Waals surface area contributed by atoms with Crippen molar-refractivity contribution in [1.29, 1.82) is 0 Å². The molecule has 44 heavy (non-hydrogen) atoms. The van der Waals surface area contributed by atoms with Crippen molar-refractivity contribution in [3.8, 4) is 0 Å². The average molecular weight is 630 g/mol. The molecular formula is C30H43N7O6S. The molecule has 1 aromatic heterocycles. The lowest BCUT2D eigenvalue weighted by Gasteiger charge is -2.30. The normalized spacial score (nSPS) is 16.3. The minimum absolute atomic E-state index is 0.230. The Kier molecular flexibility index (Phi) is 13.7. The topological polar surface area (TPSA) is 196 Å². The van der Waals surface area contributed by atoms with Gasteiger partial charge < -0.3 is 26.1 Å². The number of fused-ring (bicyclic) bond motifs is 1. The van der Waals surface area contributed by atoms with Crippen molar-refractivity contribution in [3.05, 3.63) is 29.3 Å². The zero-order chi connectivity index (χ0) is 32.1. The van der Waals surface area contributed by atoms with Crippen LogP contribution in [0.3, 0.4) is 0 Å². The Morgan fingerprint density at radius 1 is 1.11 bits per heavy atom. The van der Waals surface area contributed by atoms with Crippen molar-refractivity contribution in [2.45, 2.75) is 89.8 Å². The number of Topliss-reactive ketones (excluding diaryl/α,β-unsaturated/α-hetero) is 1. The SMILES string of the molecule is CCCC(CCC)C(=O)N[C@@H](CC(=O)O)C(=O)N1CCC[C@H]1C(=O)NC(CCCN=CNN)C(=O)c1nc2ccccc2s1. The largest absolute Gasteiger partial charge is 0.481 e. The number of hydrazine groups is 1. The predicted molar refractivity (Wildman–Crippen MR) is 168 cm³/mol. The molecule has 0 aliphatic carbocycles. The highest BCUT2D eigenvalue weighted by Gasteiger charge is 2.40. The first-order valence-electron chi connectivity index (χ1n) is 15.2. The molecule has 1 aliphatic rings. The molecule has 3 rings (SSSR count). The lowest BCUT2D eigenvalue weighted by Crippen LogP contribution is -2.56.